The highest BCUT2D eigenvalue weighted by Gasteiger charge is 2.24. The van der Waals surface area contributed by atoms with E-state index in [-0.39, 0.29) is 0 Å². The van der Waals surface area contributed by atoms with Gasteiger partial charge in [-0.1, -0.05) is 109 Å². The van der Waals surface area contributed by atoms with Crippen LogP contribution in [-0.4, -0.2) is 9.97 Å². The minimum absolute atomic E-state index is 0.812. The van der Waals surface area contributed by atoms with Crippen molar-refractivity contribution in [2.45, 2.75) is 0 Å². The summed E-state index contributed by atoms with van der Waals surface area (Å²) in [5.74, 6) is 0. The number of hydrogen-bond donors (Lipinski definition) is 0. The van der Waals surface area contributed by atoms with Crippen LogP contribution in [0.5, 0.6) is 0 Å². The molecule has 3 heterocycles. The van der Waals surface area contributed by atoms with Gasteiger partial charge in [-0.3, -0.25) is 0 Å². The summed E-state index contributed by atoms with van der Waals surface area (Å²) in [5.41, 5.74) is 9.35. The number of nitrogens with zero attached hydrogens (tertiary/aromatic N) is 2. The Bertz CT molecular complexity index is 3060. The Morgan fingerprint density at radius 1 is 0.417 bits per heavy atom. The van der Waals surface area contributed by atoms with Gasteiger partial charge in [-0.2, -0.15) is 0 Å². The number of aromatic nitrogens is 2. The fourth-order valence-corrected chi connectivity index (χ4v) is 8.91. The van der Waals surface area contributed by atoms with Crippen LogP contribution < -0.4 is 0 Å². The van der Waals surface area contributed by atoms with Crippen molar-refractivity contribution >= 4 is 86.0 Å². The summed E-state index contributed by atoms with van der Waals surface area (Å²) in [6.45, 7) is 0. The van der Waals surface area contributed by atoms with Gasteiger partial charge in [-0.05, 0) is 63.7 Å². The molecule has 0 saturated heterocycles. The molecule has 0 N–H and O–H groups in total. The molecule has 11 aromatic rings. The summed E-state index contributed by atoms with van der Waals surface area (Å²) in [6.07, 6.45) is 0. The first-order valence-electron chi connectivity index (χ1n) is 16.2. The number of thiophene rings is 1. The van der Waals surface area contributed by atoms with Gasteiger partial charge >= 0.3 is 0 Å². The molecule has 0 unspecified atom stereocenters. The second-order valence-electron chi connectivity index (χ2n) is 12.5. The molecular weight excluding hydrogens is 605 g/mol. The summed E-state index contributed by atoms with van der Waals surface area (Å²) >= 11 is 1.84. The Labute approximate surface area is 278 Å². The molecule has 0 fully saturated rings. The number of hydrogen-bond acceptors (Lipinski definition) is 4. The highest BCUT2D eigenvalue weighted by atomic mass is 32.1. The van der Waals surface area contributed by atoms with Gasteiger partial charge in [0.15, 0.2) is 0 Å². The molecule has 11 rings (SSSR count). The lowest BCUT2D eigenvalue weighted by molar-refractivity contribution is 0.670. The highest BCUT2D eigenvalue weighted by molar-refractivity contribution is 7.26. The molecule has 0 aliphatic carbocycles. The van der Waals surface area contributed by atoms with Crippen LogP contribution in [0.15, 0.2) is 150 Å². The van der Waals surface area contributed by atoms with Crippen LogP contribution >= 0.6 is 11.3 Å². The molecular formula is C44H24N2OS. The summed E-state index contributed by atoms with van der Waals surface area (Å²) in [5, 5.41) is 10.0. The van der Waals surface area contributed by atoms with Crippen LogP contribution in [0.1, 0.15) is 0 Å². The Morgan fingerprint density at radius 2 is 1.06 bits per heavy atom. The lowest BCUT2D eigenvalue weighted by Crippen LogP contribution is -1.96. The van der Waals surface area contributed by atoms with E-state index in [0.29, 0.717) is 0 Å². The van der Waals surface area contributed by atoms with E-state index < -0.39 is 0 Å². The van der Waals surface area contributed by atoms with Gasteiger partial charge in [0, 0.05) is 47.5 Å². The van der Waals surface area contributed by atoms with E-state index in [0.717, 1.165) is 61.1 Å². The van der Waals surface area contributed by atoms with Crippen LogP contribution in [0.4, 0.5) is 0 Å². The molecule has 0 aliphatic rings. The summed E-state index contributed by atoms with van der Waals surface area (Å²) in [7, 11) is 0. The van der Waals surface area contributed by atoms with Crippen LogP contribution in [-0.2, 0) is 0 Å². The minimum Gasteiger partial charge on any atom is -0.455 e. The highest BCUT2D eigenvalue weighted by Crippen LogP contribution is 2.50. The van der Waals surface area contributed by atoms with Crippen molar-refractivity contribution in [3.05, 3.63) is 146 Å². The van der Waals surface area contributed by atoms with Gasteiger partial charge in [0.1, 0.15) is 16.9 Å². The van der Waals surface area contributed by atoms with E-state index in [4.69, 9.17) is 14.4 Å². The van der Waals surface area contributed by atoms with E-state index in [1.54, 1.807) is 0 Å². The smallest absolute Gasteiger partial charge is 0.144 e. The van der Waals surface area contributed by atoms with E-state index in [2.05, 4.69) is 115 Å². The van der Waals surface area contributed by atoms with Crippen LogP contribution in [0.2, 0.25) is 0 Å². The van der Waals surface area contributed by atoms with Crippen LogP contribution in [0.25, 0.3) is 108 Å². The average molecular weight is 629 g/mol. The average Bonchev–Trinajstić information content (AvgIpc) is 3.72. The van der Waals surface area contributed by atoms with Crippen molar-refractivity contribution in [1.29, 1.82) is 0 Å². The second kappa shape index (κ2) is 9.71. The molecule has 48 heavy (non-hydrogen) atoms. The van der Waals surface area contributed by atoms with Crippen molar-refractivity contribution < 1.29 is 4.42 Å². The lowest BCUT2D eigenvalue weighted by Gasteiger charge is -2.12. The predicted molar refractivity (Wildman–Crippen MR) is 202 cm³/mol. The van der Waals surface area contributed by atoms with Crippen molar-refractivity contribution in [2.24, 2.45) is 0 Å². The molecule has 8 aromatic carbocycles. The van der Waals surface area contributed by atoms with Crippen molar-refractivity contribution in [3.63, 3.8) is 0 Å². The van der Waals surface area contributed by atoms with Crippen molar-refractivity contribution in [2.75, 3.05) is 0 Å². The van der Waals surface area contributed by atoms with E-state index in [1.807, 2.05) is 41.7 Å². The van der Waals surface area contributed by atoms with Crippen molar-refractivity contribution in [3.8, 4) is 33.6 Å². The first-order chi connectivity index (χ1) is 23.8. The van der Waals surface area contributed by atoms with Gasteiger partial charge in [0.25, 0.3) is 0 Å². The van der Waals surface area contributed by atoms with Crippen LogP contribution in [0, 0.1) is 0 Å². The maximum absolute atomic E-state index is 6.96. The topological polar surface area (TPSA) is 38.9 Å². The van der Waals surface area contributed by atoms with Crippen molar-refractivity contribution in [1.82, 2.24) is 9.97 Å². The fourth-order valence-electron chi connectivity index (χ4n) is 7.74. The number of furan rings is 1. The lowest BCUT2D eigenvalue weighted by atomic mass is 9.91. The predicted octanol–water partition coefficient (Wildman–Crippen LogP) is 12.6. The molecule has 0 saturated carbocycles. The van der Waals surface area contributed by atoms with E-state index in [9.17, 15) is 0 Å². The molecule has 4 heteroatoms. The third-order valence-corrected chi connectivity index (χ3v) is 10.9. The third-order valence-electron chi connectivity index (χ3n) is 9.80. The maximum atomic E-state index is 6.96. The van der Waals surface area contributed by atoms with Gasteiger partial charge < -0.3 is 4.42 Å². The van der Waals surface area contributed by atoms with Gasteiger partial charge in [0.05, 0.1) is 16.7 Å². The molecule has 0 bridgehead atoms. The third kappa shape index (κ3) is 3.58. The Kier molecular flexibility index (Phi) is 5.26. The van der Waals surface area contributed by atoms with E-state index in [1.165, 1.54) is 47.3 Å². The second-order valence-corrected chi connectivity index (χ2v) is 13.5. The largest absolute Gasteiger partial charge is 0.455 e. The van der Waals surface area contributed by atoms with Gasteiger partial charge in [-0.25, -0.2) is 9.97 Å². The monoisotopic (exact) mass is 628 g/mol. The zero-order valence-electron chi connectivity index (χ0n) is 25.6. The molecule has 0 amide bonds. The fraction of sp³-hybridized carbons (Fsp3) is 0. The Morgan fingerprint density at radius 3 is 1.94 bits per heavy atom. The molecule has 222 valence electrons. The first-order valence-corrected chi connectivity index (χ1v) is 17.0. The summed E-state index contributed by atoms with van der Waals surface area (Å²) in [4.78, 5) is 10.6. The molecule has 0 spiro atoms. The quantitative estimate of drug-likeness (QED) is 0.183. The zero-order chi connectivity index (χ0) is 31.3. The van der Waals surface area contributed by atoms with Gasteiger partial charge in [-0.15, -0.1) is 11.3 Å². The normalized spacial score (nSPS) is 12.2. The Balaban J connectivity index is 1.25. The van der Waals surface area contributed by atoms with Crippen LogP contribution in [0.3, 0.4) is 0 Å². The number of benzene rings is 8. The number of rotatable bonds is 3. The summed E-state index contributed by atoms with van der Waals surface area (Å²) in [6, 6.07) is 51.4. The zero-order valence-corrected chi connectivity index (χ0v) is 26.4. The molecule has 0 radical (unpaired) electrons. The number of fused-ring (bicyclic) bond motifs is 8. The molecule has 3 nitrogen and oxygen atoms in total. The number of para-hydroxylation sites is 3. The minimum atomic E-state index is 0.812. The maximum Gasteiger partial charge on any atom is 0.144 e. The summed E-state index contributed by atoms with van der Waals surface area (Å²) < 4.78 is 9.51. The SMILES string of the molecule is c1ccc(-c2cccc(-c3nc4ccccc4nc3-c3cccc4c3oc3cc5sc6cccc7c8ccccc8c(c34)c5c67)c2)cc1. The molecule has 0 aliphatic heterocycles. The molecule has 0 atom stereocenters. The molecule has 3 aromatic heterocycles. The Hall–Kier alpha value is -6.10. The first kappa shape index (κ1) is 26.0. The van der Waals surface area contributed by atoms with Gasteiger partial charge in [0.2, 0.25) is 0 Å². The standard InChI is InChI=1S/C44H24N2OS/c1-2-11-25(12-3-1)26-13-8-14-27(23-26)42-43(46-34-21-7-6-20-33(34)45-42)32-19-9-18-31-38-35(47-44(31)32)24-37-41-39-29(17-10-22-36(39)48-37)28-15-4-5-16-30(28)40(38)41/h1-24H. The van der Waals surface area contributed by atoms with E-state index >= 15 is 0 Å².